The summed E-state index contributed by atoms with van der Waals surface area (Å²) in [7, 11) is 0.786. The molecule has 1 saturated heterocycles. The zero-order valence-electron chi connectivity index (χ0n) is 12.7. The summed E-state index contributed by atoms with van der Waals surface area (Å²) in [6.45, 7) is 2.83. The molecule has 1 rings (SSSR count). The molecule has 1 aliphatic rings. The molecule has 1 amide bonds. The quantitative estimate of drug-likeness (QED) is 0.718. The first-order chi connectivity index (χ1) is 9.19. The molecule has 118 valence electrons. The minimum absolute atomic E-state index is 0.0397. The van der Waals surface area contributed by atoms with E-state index in [1.807, 2.05) is 0 Å². The van der Waals surface area contributed by atoms with Gasteiger partial charge in [-0.15, -0.1) is 0 Å². The summed E-state index contributed by atoms with van der Waals surface area (Å²) >= 11 is 0. The number of piperidine rings is 1. The number of hydrogen-bond donors (Lipinski definition) is 1. The Bertz CT molecular complexity index is 417. The van der Waals surface area contributed by atoms with Gasteiger partial charge in [-0.2, -0.15) is 0 Å². The van der Waals surface area contributed by atoms with Crippen LogP contribution in [-0.2, 0) is 14.6 Å². The highest BCUT2D eigenvalue weighted by atomic mass is 32.2. The number of rotatable bonds is 6. The Kier molecular flexibility index (Phi) is 6.42. The zero-order chi connectivity index (χ0) is 15.3. The van der Waals surface area contributed by atoms with E-state index in [9.17, 15) is 13.2 Å². The maximum Gasteiger partial charge on any atom is 0.239 e. The van der Waals surface area contributed by atoms with Gasteiger partial charge in [0.25, 0.3) is 0 Å². The minimum Gasteiger partial charge on any atom is -0.344 e. The van der Waals surface area contributed by atoms with Crippen LogP contribution >= 0.6 is 0 Å². The molecule has 0 spiro atoms. The van der Waals surface area contributed by atoms with Crippen LogP contribution in [-0.4, -0.2) is 75.9 Å². The zero-order valence-corrected chi connectivity index (χ0v) is 13.5. The van der Waals surface area contributed by atoms with Crippen LogP contribution in [0.25, 0.3) is 0 Å². The van der Waals surface area contributed by atoms with Crippen LogP contribution in [0.1, 0.15) is 19.3 Å². The van der Waals surface area contributed by atoms with Crippen molar-refractivity contribution in [3.05, 3.63) is 0 Å². The maximum atomic E-state index is 12.1. The van der Waals surface area contributed by atoms with E-state index in [-0.39, 0.29) is 18.1 Å². The summed E-state index contributed by atoms with van der Waals surface area (Å²) in [6.07, 6.45) is 3.53. The lowest BCUT2D eigenvalue weighted by Gasteiger charge is -2.32. The number of amides is 1. The average Bonchev–Trinajstić information content (AvgIpc) is 2.36. The van der Waals surface area contributed by atoms with Crippen LogP contribution in [0.4, 0.5) is 0 Å². The maximum absolute atomic E-state index is 12.1. The van der Waals surface area contributed by atoms with Gasteiger partial charge in [0.05, 0.1) is 11.8 Å². The Morgan fingerprint density at radius 2 is 1.95 bits per heavy atom. The molecule has 0 bridgehead atoms. The monoisotopic (exact) mass is 305 g/mol. The van der Waals surface area contributed by atoms with Crippen molar-refractivity contribution in [2.75, 3.05) is 45.7 Å². The van der Waals surface area contributed by atoms with Crippen molar-refractivity contribution in [1.82, 2.24) is 9.80 Å². The van der Waals surface area contributed by atoms with Crippen LogP contribution in [0.2, 0.25) is 0 Å². The van der Waals surface area contributed by atoms with Gasteiger partial charge >= 0.3 is 0 Å². The van der Waals surface area contributed by atoms with E-state index in [1.54, 1.807) is 11.9 Å². The highest BCUT2D eigenvalue weighted by Gasteiger charge is 2.23. The molecule has 6 nitrogen and oxygen atoms in total. The second kappa shape index (κ2) is 7.38. The molecule has 1 aliphatic heterocycles. The predicted octanol–water partition coefficient (Wildman–Crippen LogP) is -0.451. The van der Waals surface area contributed by atoms with Gasteiger partial charge < -0.3 is 15.5 Å². The van der Waals surface area contributed by atoms with Crippen LogP contribution in [0, 0.1) is 5.92 Å². The normalized spacial score (nSPS) is 19.8. The van der Waals surface area contributed by atoms with Crippen molar-refractivity contribution in [3.8, 4) is 0 Å². The van der Waals surface area contributed by atoms with Gasteiger partial charge in [-0.25, -0.2) is 8.42 Å². The summed E-state index contributed by atoms with van der Waals surface area (Å²) in [4.78, 5) is 16.0. The van der Waals surface area contributed by atoms with E-state index < -0.39 is 15.9 Å². The van der Waals surface area contributed by atoms with Crippen LogP contribution in [0.15, 0.2) is 0 Å². The third-order valence-electron chi connectivity index (χ3n) is 3.86. The second-order valence-electron chi connectivity index (χ2n) is 5.99. The Morgan fingerprint density at radius 3 is 2.45 bits per heavy atom. The van der Waals surface area contributed by atoms with Gasteiger partial charge in [0, 0.05) is 19.8 Å². The van der Waals surface area contributed by atoms with E-state index in [4.69, 9.17) is 5.73 Å². The van der Waals surface area contributed by atoms with E-state index in [0.717, 1.165) is 32.2 Å². The van der Waals surface area contributed by atoms with Crippen molar-refractivity contribution >= 4 is 15.7 Å². The highest BCUT2D eigenvalue weighted by molar-refractivity contribution is 7.90. The number of carbonyl (C=O) groups excluding carboxylic acids is 1. The van der Waals surface area contributed by atoms with E-state index in [1.165, 1.54) is 0 Å². The Hall–Kier alpha value is -0.660. The Balaban J connectivity index is 2.38. The molecule has 0 aromatic carbocycles. The lowest BCUT2D eigenvalue weighted by atomic mass is 9.96. The topological polar surface area (TPSA) is 83.7 Å². The smallest absolute Gasteiger partial charge is 0.239 e. The predicted molar refractivity (Wildman–Crippen MR) is 80.2 cm³/mol. The molecule has 1 heterocycles. The minimum atomic E-state index is -3.07. The molecule has 0 aromatic heterocycles. The van der Waals surface area contributed by atoms with Gasteiger partial charge in [-0.1, -0.05) is 0 Å². The fourth-order valence-electron chi connectivity index (χ4n) is 2.47. The number of hydrogen-bond acceptors (Lipinski definition) is 5. The van der Waals surface area contributed by atoms with Crippen LogP contribution < -0.4 is 5.73 Å². The van der Waals surface area contributed by atoms with Gasteiger partial charge in [0.2, 0.25) is 5.91 Å². The first-order valence-corrected chi connectivity index (χ1v) is 9.12. The van der Waals surface area contributed by atoms with Crippen molar-refractivity contribution in [2.24, 2.45) is 11.7 Å². The van der Waals surface area contributed by atoms with Crippen molar-refractivity contribution in [1.29, 1.82) is 0 Å². The van der Waals surface area contributed by atoms with Gasteiger partial charge in [0.15, 0.2) is 0 Å². The fraction of sp³-hybridized carbons (Fsp3) is 0.923. The summed E-state index contributed by atoms with van der Waals surface area (Å²) < 4.78 is 22.2. The molecule has 0 saturated carbocycles. The standard InChI is InChI=1S/C13H27N3O3S/c1-15-7-4-11(5-8-15)10-16(2)13(17)12(14)6-9-20(3,18)19/h11-12H,4-10,14H2,1-3H3. The van der Waals surface area contributed by atoms with E-state index >= 15 is 0 Å². The van der Waals surface area contributed by atoms with Crippen molar-refractivity contribution < 1.29 is 13.2 Å². The molecular formula is C13H27N3O3S. The number of nitrogens with zero attached hydrogens (tertiary/aromatic N) is 2. The first kappa shape index (κ1) is 17.4. The number of nitrogens with two attached hydrogens (primary N) is 1. The third-order valence-corrected chi connectivity index (χ3v) is 4.84. The van der Waals surface area contributed by atoms with Gasteiger partial charge in [0.1, 0.15) is 9.84 Å². The van der Waals surface area contributed by atoms with Crippen molar-refractivity contribution in [2.45, 2.75) is 25.3 Å². The van der Waals surface area contributed by atoms with Crippen LogP contribution in [0.5, 0.6) is 0 Å². The Morgan fingerprint density at radius 1 is 1.40 bits per heavy atom. The molecule has 0 radical (unpaired) electrons. The van der Waals surface area contributed by atoms with Gasteiger partial charge in [-0.3, -0.25) is 4.79 Å². The molecule has 1 atom stereocenters. The molecule has 20 heavy (non-hydrogen) atoms. The second-order valence-corrected chi connectivity index (χ2v) is 8.25. The van der Waals surface area contributed by atoms with Crippen LogP contribution in [0.3, 0.4) is 0 Å². The molecule has 1 unspecified atom stereocenters. The SMILES string of the molecule is CN1CCC(CN(C)C(=O)C(N)CCS(C)(=O)=O)CC1. The first-order valence-electron chi connectivity index (χ1n) is 7.06. The van der Waals surface area contributed by atoms with Gasteiger partial charge in [-0.05, 0) is 45.3 Å². The van der Waals surface area contributed by atoms with Crippen molar-refractivity contribution in [3.63, 3.8) is 0 Å². The van der Waals surface area contributed by atoms with E-state index in [2.05, 4.69) is 11.9 Å². The van der Waals surface area contributed by atoms with E-state index in [0.29, 0.717) is 12.5 Å². The molecule has 7 heteroatoms. The average molecular weight is 305 g/mol. The molecule has 1 fully saturated rings. The fourth-order valence-corrected chi connectivity index (χ4v) is 3.15. The third kappa shape index (κ3) is 6.19. The Labute approximate surface area is 122 Å². The number of sulfone groups is 1. The summed E-state index contributed by atoms with van der Waals surface area (Å²) in [5.41, 5.74) is 5.79. The lowest BCUT2D eigenvalue weighted by molar-refractivity contribution is -0.132. The molecular weight excluding hydrogens is 278 g/mol. The molecule has 0 aliphatic carbocycles. The number of likely N-dealkylation sites (tertiary alicyclic amines) is 1. The summed E-state index contributed by atoms with van der Waals surface area (Å²) in [5, 5.41) is 0. The number of likely N-dealkylation sites (N-methyl/N-ethyl adjacent to an activating group) is 1. The largest absolute Gasteiger partial charge is 0.344 e. The lowest BCUT2D eigenvalue weighted by Crippen LogP contribution is -2.45. The summed E-state index contributed by atoms with van der Waals surface area (Å²) in [5.74, 6) is 0.317. The number of carbonyl (C=O) groups is 1. The summed E-state index contributed by atoms with van der Waals surface area (Å²) in [6, 6.07) is -0.721. The molecule has 2 N–H and O–H groups in total. The molecule has 0 aromatic rings. The highest BCUT2D eigenvalue weighted by Crippen LogP contribution is 2.17.